The fraction of sp³-hybridized carbons (Fsp3) is 0.500. The quantitative estimate of drug-likeness (QED) is 0.689. The number of rotatable bonds is 3. The van der Waals surface area contributed by atoms with Crippen molar-refractivity contribution >= 4 is 0 Å². The van der Waals surface area contributed by atoms with E-state index in [0.717, 1.165) is 12.2 Å². The minimum absolute atomic E-state index is 0.529. The van der Waals surface area contributed by atoms with Gasteiger partial charge in [0.15, 0.2) is 0 Å². The van der Waals surface area contributed by atoms with E-state index in [1.54, 1.807) is 7.11 Å². The standard InChI is InChI=1S/C12H18O/c1-5-10-7-6-8-11(9(2)3)12(10)13-4/h6-9H,5H2,1-4H3. The lowest BCUT2D eigenvalue weighted by atomic mass is 9.98. The fourth-order valence-electron chi connectivity index (χ4n) is 1.59. The molecule has 0 aliphatic rings. The average molecular weight is 178 g/mol. The highest BCUT2D eigenvalue weighted by Crippen LogP contribution is 2.29. The van der Waals surface area contributed by atoms with Gasteiger partial charge in [-0.1, -0.05) is 39.0 Å². The maximum Gasteiger partial charge on any atom is 0.125 e. The van der Waals surface area contributed by atoms with E-state index >= 15 is 0 Å². The van der Waals surface area contributed by atoms with Crippen LogP contribution >= 0.6 is 0 Å². The van der Waals surface area contributed by atoms with E-state index in [-0.39, 0.29) is 0 Å². The van der Waals surface area contributed by atoms with E-state index in [4.69, 9.17) is 4.74 Å². The van der Waals surface area contributed by atoms with Gasteiger partial charge < -0.3 is 4.74 Å². The molecule has 0 N–H and O–H groups in total. The van der Waals surface area contributed by atoms with Gasteiger partial charge in [-0.25, -0.2) is 0 Å². The van der Waals surface area contributed by atoms with E-state index in [1.165, 1.54) is 11.1 Å². The van der Waals surface area contributed by atoms with E-state index in [1.807, 2.05) is 0 Å². The number of ether oxygens (including phenoxy) is 1. The molecule has 0 saturated heterocycles. The monoisotopic (exact) mass is 178 g/mol. The van der Waals surface area contributed by atoms with Crippen LogP contribution in [0.5, 0.6) is 5.75 Å². The Kier molecular flexibility index (Phi) is 3.35. The largest absolute Gasteiger partial charge is 0.496 e. The molecule has 0 unspecified atom stereocenters. The van der Waals surface area contributed by atoms with Crippen LogP contribution in [0.15, 0.2) is 18.2 Å². The average Bonchev–Trinajstić information content (AvgIpc) is 2.16. The third-order valence-corrected chi connectivity index (χ3v) is 2.33. The summed E-state index contributed by atoms with van der Waals surface area (Å²) in [4.78, 5) is 0. The molecule has 0 bridgehead atoms. The summed E-state index contributed by atoms with van der Waals surface area (Å²) in [6.45, 7) is 6.54. The molecule has 0 spiro atoms. The number of para-hydroxylation sites is 1. The predicted octanol–water partition coefficient (Wildman–Crippen LogP) is 3.38. The van der Waals surface area contributed by atoms with Crippen molar-refractivity contribution in [1.82, 2.24) is 0 Å². The summed E-state index contributed by atoms with van der Waals surface area (Å²) in [6.07, 6.45) is 1.03. The molecule has 0 atom stereocenters. The van der Waals surface area contributed by atoms with Crippen molar-refractivity contribution in [3.63, 3.8) is 0 Å². The summed E-state index contributed by atoms with van der Waals surface area (Å²) in [5, 5.41) is 0. The van der Waals surface area contributed by atoms with Gasteiger partial charge in [0.25, 0.3) is 0 Å². The van der Waals surface area contributed by atoms with Crippen molar-refractivity contribution in [1.29, 1.82) is 0 Å². The smallest absolute Gasteiger partial charge is 0.125 e. The van der Waals surface area contributed by atoms with Crippen LogP contribution in [0.2, 0.25) is 0 Å². The summed E-state index contributed by atoms with van der Waals surface area (Å²) >= 11 is 0. The van der Waals surface area contributed by atoms with Crippen LogP contribution in [0.1, 0.15) is 37.8 Å². The van der Waals surface area contributed by atoms with Gasteiger partial charge in [0.05, 0.1) is 7.11 Å². The van der Waals surface area contributed by atoms with Crippen LogP contribution < -0.4 is 4.74 Å². The number of hydrogen-bond acceptors (Lipinski definition) is 1. The van der Waals surface area contributed by atoms with Crippen LogP contribution in [0, 0.1) is 0 Å². The molecule has 0 fully saturated rings. The molecule has 0 heterocycles. The molecule has 1 nitrogen and oxygen atoms in total. The van der Waals surface area contributed by atoms with E-state index in [9.17, 15) is 0 Å². The first-order valence-corrected chi connectivity index (χ1v) is 4.86. The normalized spacial score (nSPS) is 10.5. The molecular formula is C12H18O. The summed E-state index contributed by atoms with van der Waals surface area (Å²) in [7, 11) is 1.75. The molecule has 1 aromatic carbocycles. The van der Waals surface area contributed by atoms with Gasteiger partial charge in [0.1, 0.15) is 5.75 Å². The molecule has 1 aromatic rings. The maximum atomic E-state index is 5.43. The number of hydrogen-bond donors (Lipinski definition) is 0. The van der Waals surface area contributed by atoms with Crippen molar-refractivity contribution in [2.45, 2.75) is 33.1 Å². The third kappa shape index (κ3) is 2.03. The summed E-state index contributed by atoms with van der Waals surface area (Å²) in [5.74, 6) is 1.60. The highest BCUT2D eigenvalue weighted by molar-refractivity contribution is 5.43. The topological polar surface area (TPSA) is 9.23 Å². The van der Waals surface area contributed by atoms with Gasteiger partial charge >= 0.3 is 0 Å². The Balaban J connectivity index is 3.19. The van der Waals surface area contributed by atoms with Gasteiger partial charge in [0.2, 0.25) is 0 Å². The van der Waals surface area contributed by atoms with Crippen molar-refractivity contribution in [3.8, 4) is 5.75 Å². The second kappa shape index (κ2) is 4.31. The molecule has 0 radical (unpaired) electrons. The number of methoxy groups -OCH3 is 1. The summed E-state index contributed by atoms with van der Waals surface area (Å²) in [5.41, 5.74) is 2.61. The lowest BCUT2D eigenvalue weighted by Crippen LogP contribution is -1.97. The van der Waals surface area contributed by atoms with Gasteiger partial charge in [-0.2, -0.15) is 0 Å². The molecule has 0 saturated carbocycles. The minimum Gasteiger partial charge on any atom is -0.496 e. The van der Waals surface area contributed by atoms with Gasteiger partial charge in [-0.15, -0.1) is 0 Å². The molecular weight excluding hydrogens is 160 g/mol. The SMILES string of the molecule is CCc1cccc(C(C)C)c1OC. The van der Waals surface area contributed by atoms with Crippen LogP contribution in [-0.2, 0) is 6.42 Å². The first kappa shape index (κ1) is 10.1. The number of aryl methyl sites for hydroxylation is 1. The first-order valence-electron chi connectivity index (χ1n) is 4.86. The van der Waals surface area contributed by atoms with Crippen molar-refractivity contribution in [2.24, 2.45) is 0 Å². The first-order chi connectivity index (χ1) is 6.20. The van der Waals surface area contributed by atoms with Crippen LogP contribution in [-0.4, -0.2) is 7.11 Å². The van der Waals surface area contributed by atoms with E-state index in [2.05, 4.69) is 39.0 Å². The summed E-state index contributed by atoms with van der Waals surface area (Å²) in [6, 6.07) is 6.38. The van der Waals surface area contributed by atoms with Crippen molar-refractivity contribution in [2.75, 3.05) is 7.11 Å². The molecule has 1 rings (SSSR count). The zero-order chi connectivity index (χ0) is 9.84. The van der Waals surface area contributed by atoms with Crippen LogP contribution in [0.25, 0.3) is 0 Å². The predicted molar refractivity (Wildman–Crippen MR) is 56.5 cm³/mol. The molecule has 72 valence electrons. The van der Waals surface area contributed by atoms with Crippen LogP contribution in [0.3, 0.4) is 0 Å². The van der Waals surface area contributed by atoms with Gasteiger partial charge in [-0.3, -0.25) is 0 Å². The molecule has 0 aromatic heterocycles. The third-order valence-electron chi connectivity index (χ3n) is 2.33. The fourth-order valence-corrected chi connectivity index (χ4v) is 1.59. The molecule has 13 heavy (non-hydrogen) atoms. The molecule has 1 heteroatoms. The Morgan fingerprint density at radius 1 is 1.31 bits per heavy atom. The maximum absolute atomic E-state index is 5.43. The van der Waals surface area contributed by atoms with Crippen molar-refractivity contribution in [3.05, 3.63) is 29.3 Å². The van der Waals surface area contributed by atoms with Gasteiger partial charge in [-0.05, 0) is 23.5 Å². The summed E-state index contributed by atoms with van der Waals surface area (Å²) < 4.78 is 5.43. The Bertz CT molecular complexity index is 276. The lowest BCUT2D eigenvalue weighted by molar-refractivity contribution is 0.403. The zero-order valence-corrected chi connectivity index (χ0v) is 8.92. The Morgan fingerprint density at radius 2 is 2.00 bits per heavy atom. The van der Waals surface area contributed by atoms with Gasteiger partial charge in [0, 0.05) is 0 Å². The molecule has 0 aliphatic carbocycles. The number of benzene rings is 1. The van der Waals surface area contributed by atoms with Crippen molar-refractivity contribution < 1.29 is 4.74 Å². The Morgan fingerprint density at radius 3 is 2.46 bits per heavy atom. The minimum atomic E-state index is 0.529. The Labute approximate surface area is 80.7 Å². The highest BCUT2D eigenvalue weighted by Gasteiger charge is 2.09. The zero-order valence-electron chi connectivity index (χ0n) is 8.92. The molecule has 0 aliphatic heterocycles. The highest BCUT2D eigenvalue weighted by atomic mass is 16.5. The Hall–Kier alpha value is -0.980. The lowest BCUT2D eigenvalue weighted by Gasteiger charge is -2.14. The molecule has 0 amide bonds. The van der Waals surface area contributed by atoms with E-state index in [0.29, 0.717) is 5.92 Å². The second-order valence-corrected chi connectivity index (χ2v) is 3.55. The second-order valence-electron chi connectivity index (χ2n) is 3.55. The van der Waals surface area contributed by atoms with E-state index < -0.39 is 0 Å². The van der Waals surface area contributed by atoms with Crippen LogP contribution in [0.4, 0.5) is 0 Å².